The van der Waals surface area contributed by atoms with Crippen molar-refractivity contribution in [1.82, 2.24) is 0 Å². The lowest BCUT2D eigenvalue weighted by molar-refractivity contribution is 0.120. The average Bonchev–Trinajstić information content (AvgIpc) is 3.82. The standard InChI is InChI=1S/C16H32O3Si.C11H22O4Si/c1-5-16-10-8-14(12-15(16)19-16)13(4)9-11-20(17-6-2)18-7-3;1-12-16(13-2,14-3)7-6-9-4-5-10-11(8-9)15-10/h13-15,20H,5-12H2,1-4H3;9-11H,4-8H2,1-3H3. The van der Waals surface area contributed by atoms with Gasteiger partial charge >= 0.3 is 18.1 Å². The van der Waals surface area contributed by atoms with E-state index in [2.05, 4.69) is 27.7 Å². The fourth-order valence-corrected chi connectivity index (χ4v) is 10.3. The van der Waals surface area contributed by atoms with E-state index >= 15 is 0 Å². The molecule has 2 aliphatic heterocycles. The second-order valence-electron chi connectivity index (χ2n) is 11.2. The Balaban J connectivity index is 0.000000205. The van der Waals surface area contributed by atoms with Gasteiger partial charge in [-0.25, -0.2) is 0 Å². The molecule has 0 aromatic carbocycles. The molecule has 4 rings (SSSR count). The van der Waals surface area contributed by atoms with Crippen molar-refractivity contribution < 1.29 is 31.6 Å². The van der Waals surface area contributed by atoms with E-state index in [0.717, 1.165) is 49.5 Å². The van der Waals surface area contributed by atoms with Gasteiger partial charge in [-0.3, -0.25) is 0 Å². The van der Waals surface area contributed by atoms with Crippen molar-refractivity contribution in [1.29, 1.82) is 0 Å². The fraction of sp³-hybridized carbons (Fsp3) is 1.00. The highest BCUT2D eigenvalue weighted by molar-refractivity contribution is 6.60. The van der Waals surface area contributed by atoms with Gasteiger partial charge in [-0.15, -0.1) is 0 Å². The molecule has 9 heteroatoms. The number of ether oxygens (including phenoxy) is 2. The topological polar surface area (TPSA) is 71.2 Å². The summed E-state index contributed by atoms with van der Waals surface area (Å²) in [6.07, 6.45) is 12.9. The smallest absolute Gasteiger partial charge is 0.397 e. The van der Waals surface area contributed by atoms with Gasteiger partial charge in [0.2, 0.25) is 0 Å². The molecule has 0 N–H and O–H groups in total. The van der Waals surface area contributed by atoms with E-state index in [1.165, 1.54) is 51.4 Å². The molecule has 2 saturated carbocycles. The molecule has 2 saturated heterocycles. The number of hydrogen-bond donors (Lipinski definition) is 0. The molecule has 4 aliphatic rings. The first-order valence-corrected chi connectivity index (χ1v) is 18.3. The molecule has 0 amide bonds. The van der Waals surface area contributed by atoms with E-state index in [9.17, 15) is 0 Å². The molecule has 0 spiro atoms. The van der Waals surface area contributed by atoms with Gasteiger partial charge in [0.25, 0.3) is 0 Å². The van der Waals surface area contributed by atoms with Crippen LogP contribution in [0, 0.1) is 17.8 Å². The van der Waals surface area contributed by atoms with Gasteiger partial charge in [0.15, 0.2) is 0 Å². The summed E-state index contributed by atoms with van der Waals surface area (Å²) in [4.78, 5) is 0. The molecule has 7 nitrogen and oxygen atoms in total. The third kappa shape index (κ3) is 8.32. The van der Waals surface area contributed by atoms with Crippen LogP contribution in [0.5, 0.6) is 0 Å². The Kier molecular flexibility index (Phi) is 12.4. The molecule has 36 heavy (non-hydrogen) atoms. The molecule has 0 radical (unpaired) electrons. The van der Waals surface area contributed by atoms with Crippen LogP contribution in [0.3, 0.4) is 0 Å². The van der Waals surface area contributed by atoms with E-state index in [4.69, 9.17) is 31.6 Å². The van der Waals surface area contributed by atoms with Gasteiger partial charge in [0.05, 0.1) is 23.9 Å². The quantitative estimate of drug-likeness (QED) is 0.199. The number of epoxide rings is 2. The monoisotopic (exact) mass is 546 g/mol. The van der Waals surface area contributed by atoms with Crippen molar-refractivity contribution in [3.05, 3.63) is 0 Å². The molecule has 0 bridgehead atoms. The van der Waals surface area contributed by atoms with E-state index in [-0.39, 0.29) is 0 Å². The highest BCUT2D eigenvalue weighted by Gasteiger charge is 2.57. The zero-order valence-electron chi connectivity index (χ0n) is 24.1. The molecule has 2 aliphatic carbocycles. The maximum atomic E-state index is 5.96. The largest absolute Gasteiger partial charge is 0.500 e. The lowest BCUT2D eigenvalue weighted by Gasteiger charge is -2.29. The summed E-state index contributed by atoms with van der Waals surface area (Å²) >= 11 is 0. The van der Waals surface area contributed by atoms with Crippen LogP contribution in [0.2, 0.25) is 12.1 Å². The second-order valence-corrected chi connectivity index (χ2v) is 16.4. The summed E-state index contributed by atoms with van der Waals surface area (Å²) in [5.74, 6) is 2.39. The molecular formula is C27H54O7Si2. The maximum Gasteiger partial charge on any atom is 0.500 e. The summed E-state index contributed by atoms with van der Waals surface area (Å²) in [6, 6.07) is 2.07. The van der Waals surface area contributed by atoms with Gasteiger partial charge in [0.1, 0.15) is 0 Å². The van der Waals surface area contributed by atoms with Crippen LogP contribution >= 0.6 is 0 Å². The zero-order valence-corrected chi connectivity index (χ0v) is 26.2. The first-order chi connectivity index (χ1) is 17.4. The van der Waals surface area contributed by atoms with Gasteiger partial charge in [0, 0.05) is 40.6 Å². The number of fused-ring (bicyclic) bond motifs is 2. The van der Waals surface area contributed by atoms with Crippen molar-refractivity contribution in [3.63, 3.8) is 0 Å². The first-order valence-electron chi connectivity index (χ1n) is 14.6. The summed E-state index contributed by atoms with van der Waals surface area (Å²) in [5.41, 5.74) is 0.296. The highest BCUT2D eigenvalue weighted by Crippen LogP contribution is 2.53. The van der Waals surface area contributed by atoms with Crippen molar-refractivity contribution in [3.8, 4) is 0 Å². The van der Waals surface area contributed by atoms with Gasteiger partial charge in [-0.1, -0.05) is 13.8 Å². The van der Waals surface area contributed by atoms with Gasteiger partial charge in [-0.2, -0.15) is 0 Å². The molecule has 212 valence electrons. The average molecular weight is 547 g/mol. The molecular weight excluding hydrogens is 492 g/mol. The first kappa shape index (κ1) is 30.7. The molecule has 2 heterocycles. The molecule has 0 aromatic heterocycles. The Bertz CT molecular complexity index is 623. The van der Waals surface area contributed by atoms with Crippen molar-refractivity contribution in [2.24, 2.45) is 17.8 Å². The Morgan fingerprint density at radius 1 is 0.944 bits per heavy atom. The summed E-state index contributed by atoms with van der Waals surface area (Å²) < 4.78 is 39.3. The molecule has 4 fully saturated rings. The van der Waals surface area contributed by atoms with E-state index in [1.807, 2.05) is 0 Å². The summed E-state index contributed by atoms with van der Waals surface area (Å²) in [7, 11) is 1.29. The maximum absolute atomic E-state index is 5.96. The van der Waals surface area contributed by atoms with Crippen LogP contribution in [0.25, 0.3) is 0 Å². The van der Waals surface area contributed by atoms with Crippen LogP contribution in [-0.4, -0.2) is 76.5 Å². The third-order valence-corrected chi connectivity index (χ3v) is 14.2. The Labute approximate surface area is 223 Å². The van der Waals surface area contributed by atoms with Crippen LogP contribution in [0.4, 0.5) is 0 Å². The zero-order chi connectivity index (χ0) is 26.2. The Hall–Kier alpha value is 0.154. The Morgan fingerprint density at radius 2 is 1.64 bits per heavy atom. The van der Waals surface area contributed by atoms with Crippen molar-refractivity contribution in [2.45, 2.75) is 121 Å². The normalized spacial score (nSPS) is 33.8. The lowest BCUT2D eigenvalue weighted by atomic mass is 9.75. The lowest BCUT2D eigenvalue weighted by Crippen LogP contribution is -2.43. The molecule has 0 aromatic rings. The Morgan fingerprint density at radius 3 is 2.19 bits per heavy atom. The highest BCUT2D eigenvalue weighted by atomic mass is 28.4. The van der Waals surface area contributed by atoms with Crippen LogP contribution < -0.4 is 0 Å². The van der Waals surface area contributed by atoms with E-state index in [1.54, 1.807) is 21.3 Å². The SMILES string of the molecule is CCO[SiH](CCC(C)C1CCC2(CC)OC2C1)OCC.CO[Si](CCC1CCC2OC2C1)(OC)OC. The summed E-state index contributed by atoms with van der Waals surface area (Å²) in [5, 5.41) is 0. The predicted octanol–water partition coefficient (Wildman–Crippen LogP) is 5.48. The molecule has 7 unspecified atom stereocenters. The predicted molar refractivity (Wildman–Crippen MR) is 146 cm³/mol. The van der Waals surface area contributed by atoms with Crippen molar-refractivity contribution in [2.75, 3.05) is 34.5 Å². The third-order valence-electron chi connectivity index (χ3n) is 9.23. The van der Waals surface area contributed by atoms with E-state index < -0.39 is 18.1 Å². The fourth-order valence-electron chi connectivity index (χ4n) is 6.47. The van der Waals surface area contributed by atoms with E-state index in [0.29, 0.717) is 23.9 Å². The minimum absolute atomic E-state index is 0.296. The second kappa shape index (κ2) is 14.5. The van der Waals surface area contributed by atoms with Gasteiger partial charge < -0.3 is 31.6 Å². The minimum Gasteiger partial charge on any atom is -0.397 e. The van der Waals surface area contributed by atoms with Crippen molar-refractivity contribution >= 4 is 18.1 Å². The minimum atomic E-state index is -2.35. The van der Waals surface area contributed by atoms with Crippen LogP contribution in [0.15, 0.2) is 0 Å². The number of rotatable bonds is 15. The van der Waals surface area contributed by atoms with Gasteiger partial charge in [-0.05, 0) is 95.4 Å². The number of hydrogen-bond acceptors (Lipinski definition) is 7. The van der Waals surface area contributed by atoms with Crippen LogP contribution in [-0.2, 0) is 31.6 Å². The molecule has 7 atom stereocenters. The summed E-state index contributed by atoms with van der Waals surface area (Å²) in [6.45, 7) is 10.4. The van der Waals surface area contributed by atoms with Crippen LogP contribution in [0.1, 0.15) is 85.5 Å².